The average Bonchev–Trinajstić information content (AvgIpc) is 2.48. The maximum absolute atomic E-state index is 10.6. The van der Waals surface area contributed by atoms with Crippen molar-refractivity contribution in [2.24, 2.45) is 10.2 Å². The molecule has 0 saturated carbocycles. The first-order valence-corrected chi connectivity index (χ1v) is 6.58. The third-order valence-electron chi connectivity index (χ3n) is 3.01. The van der Waals surface area contributed by atoms with Crippen LogP contribution in [0.1, 0.15) is 11.7 Å². The van der Waals surface area contributed by atoms with Crippen molar-refractivity contribution in [3.63, 3.8) is 0 Å². The summed E-state index contributed by atoms with van der Waals surface area (Å²) in [6.07, 6.45) is -0.110. The minimum Gasteiger partial charge on any atom is -0.314 e. The standard InChI is InChI=1S/C15H16N4O2/c1-18(2)15(12-6-4-3-5-7-12)17-16-13-8-10-14(11-9-13)19(20)21/h3-11,15H,1-2H3/p+1/t15-/m0/s1. The minimum absolute atomic E-state index is 0.0480. The molecule has 6 heteroatoms. The van der Waals surface area contributed by atoms with Gasteiger partial charge in [-0.05, 0) is 12.1 Å². The van der Waals surface area contributed by atoms with E-state index >= 15 is 0 Å². The predicted octanol–water partition coefficient (Wildman–Crippen LogP) is 2.52. The Kier molecular flexibility index (Phi) is 4.73. The van der Waals surface area contributed by atoms with Crippen LogP contribution >= 0.6 is 0 Å². The molecular weight excluding hydrogens is 268 g/mol. The third kappa shape index (κ3) is 3.93. The summed E-state index contributed by atoms with van der Waals surface area (Å²) in [7, 11) is 4.01. The van der Waals surface area contributed by atoms with E-state index in [1.807, 2.05) is 44.4 Å². The summed E-state index contributed by atoms with van der Waals surface area (Å²) in [5.41, 5.74) is 1.72. The second kappa shape index (κ2) is 6.71. The maximum Gasteiger partial charge on any atom is 0.269 e. The van der Waals surface area contributed by atoms with Gasteiger partial charge in [-0.15, -0.1) is 5.11 Å². The smallest absolute Gasteiger partial charge is 0.269 e. The minimum atomic E-state index is -0.433. The number of nitro benzene ring substituents is 1. The van der Waals surface area contributed by atoms with Crippen LogP contribution in [0.2, 0.25) is 0 Å². The van der Waals surface area contributed by atoms with Gasteiger partial charge in [0, 0.05) is 17.7 Å². The number of benzene rings is 2. The molecule has 0 aromatic heterocycles. The van der Waals surface area contributed by atoms with E-state index in [-0.39, 0.29) is 11.9 Å². The zero-order valence-electron chi connectivity index (χ0n) is 11.9. The molecule has 1 N–H and O–H groups in total. The summed E-state index contributed by atoms with van der Waals surface area (Å²) < 4.78 is 0. The third-order valence-corrected chi connectivity index (χ3v) is 3.01. The molecule has 2 aromatic carbocycles. The molecule has 0 unspecified atom stereocenters. The van der Waals surface area contributed by atoms with Crippen molar-refractivity contribution in [3.8, 4) is 0 Å². The van der Waals surface area contributed by atoms with Crippen molar-refractivity contribution >= 4 is 11.4 Å². The highest BCUT2D eigenvalue weighted by molar-refractivity contribution is 5.43. The molecule has 0 radical (unpaired) electrons. The lowest BCUT2D eigenvalue weighted by Crippen LogP contribution is -3.05. The van der Waals surface area contributed by atoms with Crippen LogP contribution in [-0.2, 0) is 0 Å². The van der Waals surface area contributed by atoms with Crippen molar-refractivity contribution in [1.29, 1.82) is 0 Å². The molecular formula is C15H17N4O2+. The van der Waals surface area contributed by atoms with Gasteiger partial charge in [-0.2, -0.15) is 5.11 Å². The number of nitrogens with one attached hydrogen (secondary N) is 1. The Bertz CT molecular complexity index is 624. The molecule has 0 amide bonds. The van der Waals surface area contributed by atoms with Gasteiger partial charge in [0.05, 0.1) is 24.7 Å². The highest BCUT2D eigenvalue weighted by atomic mass is 16.6. The van der Waals surface area contributed by atoms with E-state index in [1.165, 1.54) is 12.1 Å². The van der Waals surface area contributed by atoms with Gasteiger partial charge in [0.25, 0.3) is 5.69 Å². The fourth-order valence-electron chi connectivity index (χ4n) is 1.92. The highest BCUT2D eigenvalue weighted by Gasteiger charge is 2.16. The van der Waals surface area contributed by atoms with Crippen LogP contribution in [-0.4, -0.2) is 19.0 Å². The Morgan fingerprint density at radius 2 is 1.67 bits per heavy atom. The maximum atomic E-state index is 10.6. The van der Waals surface area contributed by atoms with Gasteiger partial charge in [-0.25, -0.2) is 0 Å². The van der Waals surface area contributed by atoms with Crippen LogP contribution < -0.4 is 4.90 Å². The molecule has 108 valence electrons. The molecule has 0 bridgehead atoms. The summed E-state index contributed by atoms with van der Waals surface area (Å²) in [6.45, 7) is 0. The second-order valence-corrected chi connectivity index (χ2v) is 4.88. The van der Waals surface area contributed by atoms with Gasteiger partial charge in [0.1, 0.15) is 0 Å². The Hall–Kier alpha value is -2.60. The van der Waals surface area contributed by atoms with Crippen LogP contribution in [0.3, 0.4) is 0 Å². The zero-order chi connectivity index (χ0) is 15.2. The van der Waals surface area contributed by atoms with Crippen LogP contribution in [0.15, 0.2) is 64.8 Å². The van der Waals surface area contributed by atoms with Gasteiger partial charge < -0.3 is 4.90 Å². The molecule has 0 fully saturated rings. The summed E-state index contributed by atoms with van der Waals surface area (Å²) in [4.78, 5) is 11.3. The van der Waals surface area contributed by atoms with Crippen LogP contribution in [0.4, 0.5) is 11.4 Å². The quantitative estimate of drug-likeness (QED) is 0.521. The molecule has 0 aliphatic carbocycles. The van der Waals surface area contributed by atoms with Crippen molar-refractivity contribution < 1.29 is 9.82 Å². The first kappa shape index (κ1) is 14.8. The van der Waals surface area contributed by atoms with Gasteiger partial charge >= 0.3 is 0 Å². The monoisotopic (exact) mass is 285 g/mol. The van der Waals surface area contributed by atoms with Gasteiger partial charge in [0.15, 0.2) is 0 Å². The van der Waals surface area contributed by atoms with Gasteiger partial charge in [-0.3, -0.25) is 10.1 Å². The number of rotatable bonds is 5. The van der Waals surface area contributed by atoms with Crippen molar-refractivity contribution in [2.75, 3.05) is 14.1 Å². The van der Waals surface area contributed by atoms with Crippen LogP contribution in [0.5, 0.6) is 0 Å². The fraction of sp³-hybridized carbons (Fsp3) is 0.200. The van der Waals surface area contributed by atoms with E-state index < -0.39 is 4.92 Å². The lowest BCUT2D eigenvalue weighted by molar-refractivity contribution is -0.892. The topological polar surface area (TPSA) is 72.3 Å². The number of nitro groups is 1. The zero-order valence-corrected chi connectivity index (χ0v) is 11.9. The fourth-order valence-corrected chi connectivity index (χ4v) is 1.92. The van der Waals surface area contributed by atoms with E-state index in [9.17, 15) is 10.1 Å². The summed E-state index contributed by atoms with van der Waals surface area (Å²) in [6, 6.07) is 15.9. The molecule has 0 aliphatic heterocycles. The normalized spacial score (nSPS) is 12.7. The molecule has 2 aromatic rings. The number of quaternary nitrogens is 1. The largest absolute Gasteiger partial charge is 0.314 e. The number of non-ortho nitro benzene ring substituents is 1. The molecule has 2 rings (SSSR count). The van der Waals surface area contributed by atoms with E-state index in [2.05, 4.69) is 10.2 Å². The number of hydrogen-bond donors (Lipinski definition) is 1. The van der Waals surface area contributed by atoms with Crippen LogP contribution in [0.25, 0.3) is 0 Å². The molecule has 0 spiro atoms. The first-order valence-electron chi connectivity index (χ1n) is 6.58. The van der Waals surface area contributed by atoms with Crippen molar-refractivity contribution in [2.45, 2.75) is 6.17 Å². The van der Waals surface area contributed by atoms with Crippen molar-refractivity contribution in [1.82, 2.24) is 0 Å². The van der Waals surface area contributed by atoms with Gasteiger partial charge in [0.2, 0.25) is 6.17 Å². The van der Waals surface area contributed by atoms with E-state index in [4.69, 9.17) is 0 Å². The van der Waals surface area contributed by atoms with Crippen LogP contribution in [0, 0.1) is 10.1 Å². The lowest BCUT2D eigenvalue weighted by atomic mass is 10.2. The average molecular weight is 285 g/mol. The Labute approximate surface area is 122 Å². The van der Waals surface area contributed by atoms with E-state index in [0.29, 0.717) is 5.69 Å². The number of hydrogen-bond acceptors (Lipinski definition) is 4. The molecule has 0 saturated heterocycles. The Morgan fingerprint density at radius 3 is 2.19 bits per heavy atom. The summed E-state index contributed by atoms with van der Waals surface area (Å²) >= 11 is 0. The second-order valence-electron chi connectivity index (χ2n) is 4.88. The molecule has 1 atom stereocenters. The Balaban J connectivity index is 2.19. The Morgan fingerprint density at radius 1 is 1.05 bits per heavy atom. The summed E-state index contributed by atoms with van der Waals surface area (Å²) in [5.74, 6) is 0. The molecule has 0 heterocycles. The van der Waals surface area contributed by atoms with E-state index in [1.54, 1.807) is 12.1 Å². The highest BCUT2D eigenvalue weighted by Crippen LogP contribution is 2.20. The molecule has 0 aliphatic rings. The first-order chi connectivity index (χ1) is 10.1. The number of nitrogens with zero attached hydrogens (tertiary/aromatic N) is 3. The molecule has 6 nitrogen and oxygen atoms in total. The molecule has 21 heavy (non-hydrogen) atoms. The number of azo groups is 1. The summed E-state index contributed by atoms with van der Waals surface area (Å²) in [5, 5.41) is 19.1. The van der Waals surface area contributed by atoms with Gasteiger partial charge in [-0.1, -0.05) is 30.3 Å². The van der Waals surface area contributed by atoms with Crippen molar-refractivity contribution in [3.05, 3.63) is 70.3 Å². The predicted molar refractivity (Wildman–Crippen MR) is 79.6 cm³/mol. The van der Waals surface area contributed by atoms with E-state index in [0.717, 1.165) is 10.5 Å². The lowest BCUT2D eigenvalue weighted by Gasteiger charge is -2.16. The SMILES string of the molecule is C[NH+](C)[C@H](N=Nc1ccc([N+](=O)[O-])cc1)c1ccccc1.